The minimum Gasteiger partial charge on any atom is -0.382 e. The molecular formula is C11H16FNO2S. The summed E-state index contributed by atoms with van der Waals surface area (Å²) in [7, 11) is -2.98. The molecule has 0 radical (unpaired) electrons. The van der Waals surface area contributed by atoms with Gasteiger partial charge in [-0.2, -0.15) is 0 Å². The third-order valence-electron chi connectivity index (χ3n) is 2.20. The van der Waals surface area contributed by atoms with Gasteiger partial charge in [0.2, 0.25) is 0 Å². The van der Waals surface area contributed by atoms with Gasteiger partial charge in [-0.1, -0.05) is 6.92 Å². The molecular weight excluding hydrogens is 229 g/mol. The fourth-order valence-corrected chi connectivity index (χ4v) is 2.45. The van der Waals surface area contributed by atoms with Crippen molar-refractivity contribution in [2.24, 2.45) is 0 Å². The Morgan fingerprint density at radius 3 is 2.38 bits per heavy atom. The van der Waals surface area contributed by atoms with Gasteiger partial charge in [0.25, 0.3) is 0 Å². The predicted molar refractivity (Wildman–Crippen MR) is 63.8 cm³/mol. The van der Waals surface area contributed by atoms with Crippen LogP contribution in [0, 0.1) is 5.82 Å². The molecule has 3 nitrogen and oxygen atoms in total. The molecule has 0 bridgehead atoms. The van der Waals surface area contributed by atoms with E-state index in [-0.39, 0.29) is 23.4 Å². The number of hydrogen-bond acceptors (Lipinski definition) is 3. The minimum absolute atomic E-state index is 0.0842. The maximum Gasteiger partial charge on any atom is 0.152 e. The van der Waals surface area contributed by atoms with Crippen LogP contribution in [0.5, 0.6) is 0 Å². The Morgan fingerprint density at radius 2 is 1.88 bits per heavy atom. The zero-order valence-corrected chi connectivity index (χ0v) is 10.2. The average Bonchev–Trinajstić information content (AvgIpc) is 2.21. The first-order chi connectivity index (χ1) is 7.43. The van der Waals surface area contributed by atoms with Gasteiger partial charge < -0.3 is 5.32 Å². The van der Waals surface area contributed by atoms with Crippen molar-refractivity contribution < 1.29 is 12.8 Å². The standard InChI is InChI=1S/C11H16FNO2S/c1-3-16(14,15)8-9(2)13-11-6-4-10(12)5-7-11/h4-7,9,13H,3,8H2,1-2H3. The Hall–Kier alpha value is -1.10. The molecule has 0 aliphatic carbocycles. The van der Waals surface area contributed by atoms with Gasteiger partial charge in [0, 0.05) is 17.5 Å². The fourth-order valence-electron chi connectivity index (χ4n) is 1.37. The van der Waals surface area contributed by atoms with Crippen LogP contribution >= 0.6 is 0 Å². The molecule has 1 aromatic rings. The number of halogens is 1. The molecule has 16 heavy (non-hydrogen) atoms. The van der Waals surface area contributed by atoms with Gasteiger partial charge in [-0.3, -0.25) is 0 Å². The van der Waals surface area contributed by atoms with E-state index < -0.39 is 9.84 Å². The molecule has 1 N–H and O–H groups in total. The van der Waals surface area contributed by atoms with Crippen molar-refractivity contribution in [3.63, 3.8) is 0 Å². The van der Waals surface area contributed by atoms with E-state index in [1.807, 2.05) is 0 Å². The SMILES string of the molecule is CCS(=O)(=O)CC(C)Nc1ccc(F)cc1. The second kappa shape index (κ2) is 5.30. The number of hydrogen-bond donors (Lipinski definition) is 1. The summed E-state index contributed by atoms with van der Waals surface area (Å²) in [5, 5.41) is 3.01. The Bertz CT molecular complexity index is 428. The van der Waals surface area contributed by atoms with Crippen LogP contribution in [0.2, 0.25) is 0 Å². The lowest BCUT2D eigenvalue weighted by molar-refractivity contribution is 0.593. The first kappa shape index (κ1) is 13.0. The van der Waals surface area contributed by atoms with Gasteiger partial charge in [0.15, 0.2) is 9.84 Å². The first-order valence-corrected chi connectivity index (χ1v) is 6.97. The van der Waals surface area contributed by atoms with Crippen LogP contribution in [0.3, 0.4) is 0 Å². The molecule has 0 aliphatic rings. The highest BCUT2D eigenvalue weighted by Crippen LogP contribution is 2.10. The van der Waals surface area contributed by atoms with E-state index in [4.69, 9.17) is 0 Å². The van der Waals surface area contributed by atoms with Crippen LogP contribution < -0.4 is 5.32 Å². The summed E-state index contributed by atoms with van der Waals surface area (Å²) in [6, 6.07) is 5.66. The van der Waals surface area contributed by atoms with Gasteiger partial charge in [-0.05, 0) is 31.2 Å². The summed E-state index contributed by atoms with van der Waals surface area (Å²) in [6.07, 6.45) is 0. The highest BCUT2D eigenvalue weighted by atomic mass is 32.2. The maximum absolute atomic E-state index is 12.6. The monoisotopic (exact) mass is 245 g/mol. The summed E-state index contributed by atoms with van der Waals surface area (Å²) in [6.45, 7) is 3.41. The number of nitrogens with one attached hydrogen (secondary N) is 1. The summed E-state index contributed by atoms with van der Waals surface area (Å²) in [5.41, 5.74) is 0.722. The Morgan fingerprint density at radius 1 is 1.31 bits per heavy atom. The molecule has 0 fully saturated rings. The van der Waals surface area contributed by atoms with Crippen LogP contribution in [-0.2, 0) is 9.84 Å². The molecule has 1 unspecified atom stereocenters. The van der Waals surface area contributed by atoms with Gasteiger partial charge in [-0.15, -0.1) is 0 Å². The molecule has 0 heterocycles. The lowest BCUT2D eigenvalue weighted by Crippen LogP contribution is -2.26. The van der Waals surface area contributed by atoms with Crippen molar-refractivity contribution in [3.8, 4) is 0 Å². The van der Waals surface area contributed by atoms with E-state index in [9.17, 15) is 12.8 Å². The summed E-state index contributed by atoms with van der Waals surface area (Å²) < 4.78 is 35.3. The number of anilines is 1. The van der Waals surface area contributed by atoms with Gasteiger partial charge in [-0.25, -0.2) is 12.8 Å². The Kier molecular flexibility index (Phi) is 4.29. The molecule has 0 saturated heterocycles. The minimum atomic E-state index is -2.98. The number of rotatable bonds is 5. The van der Waals surface area contributed by atoms with Crippen molar-refractivity contribution in [2.45, 2.75) is 19.9 Å². The highest BCUT2D eigenvalue weighted by Gasteiger charge is 2.13. The van der Waals surface area contributed by atoms with Crippen LogP contribution in [0.25, 0.3) is 0 Å². The van der Waals surface area contributed by atoms with E-state index >= 15 is 0 Å². The van der Waals surface area contributed by atoms with Crippen molar-refractivity contribution in [2.75, 3.05) is 16.8 Å². The summed E-state index contributed by atoms with van der Waals surface area (Å²) in [5.74, 6) is -0.0806. The maximum atomic E-state index is 12.6. The second-order valence-electron chi connectivity index (χ2n) is 3.75. The lowest BCUT2D eigenvalue weighted by atomic mass is 10.3. The van der Waals surface area contributed by atoms with Crippen molar-refractivity contribution in [3.05, 3.63) is 30.1 Å². The molecule has 90 valence electrons. The van der Waals surface area contributed by atoms with E-state index in [0.717, 1.165) is 5.69 Å². The molecule has 1 aromatic carbocycles. The van der Waals surface area contributed by atoms with E-state index in [0.29, 0.717) is 0 Å². The third kappa shape index (κ3) is 4.18. The molecule has 0 aromatic heterocycles. The molecule has 0 spiro atoms. The average molecular weight is 245 g/mol. The van der Waals surface area contributed by atoms with E-state index in [2.05, 4.69) is 5.32 Å². The second-order valence-corrected chi connectivity index (χ2v) is 6.15. The van der Waals surface area contributed by atoms with E-state index in [1.165, 1.54) is 12.1 Å². The van der Waals surface area contributed by atoms with E-state index in [1.54, 1.807) is 26.0 Å². The molecule has 1 atom stereocenters. The fraction of sp³-hybridized carbons (Fsp3) is 0.455. The lowest BCUT2D eigenvalue weighted by Gasteiger charge is -2.14. The zero-order chi connectivity index (χ0) is 12.2. The van der Waals surface area contributed by atoms with Crippen LogP contribution in [0.4, 0.5) is 10.1 Å². The number of sulfone groups is 1. The van der Waals surface area contributed by atoms with Crippen LogP contribution in [0.1, 0.15) is 13.8 Å². The quantitative estimate of drug-likeness (QED) is 0.863. The predicted octanol–water partition coefficient (Wildman–Crippen LogP) is 2.06. The van der Waals surface area contributed by atoms with Crippen molar-refractivity contribution >= 4 is 15.5 Å². The van der Waals surface area contributed by atoms with Crippen molar-refractivity contribution in [1.29, 1.82) is 0 Å². The molecule has 0 amide bonds. The molecule has 0 aliphatic heterocycles. The summed E-state index contributed by atoms with van der Waals surface area (Å²) in [4.78, 5) is 0. The summed E-state index contributed by atoms with van der Waals surface area (Å²) >= 11 is 0. The first-order valence-electron chi connectivity index (χ1n) is 5.15. The third-order valence-corrected chi connectivity index (χ3v) is 4.09. The van der Waals surface area contributed by atoms with Gasteiger partial charge >= 0.3 is 0 Å². The highest BCUT2D eigenvalue weighted by molar-refractivity contribution is 7.91. The van der Waals surface area contributed by atoms with Crippen LogP contribution in [-0.4, -0.2) is 26.0 Å². The molecule has 1 rings (SSSR count). The topological polar surface area (TPSA) is 46.2 Å². The normalized spacial score (nSPS) is 13.4. The Labute approximate surface area is 95.6 Å². The van der Waals surface area contributed by atoms with Gasteiger partial charge in [0.05, 0.1) is 5.75 Å². The smallest absolute Gasteiger partial charge is 0.152 e. The van der Waals surface area contributed by atoms with Crippen LogP contribution in [0.15, 0.2) is 24.3 Å². The van der Waals surface area contributed by atoms with Gasteiger partial charge in [0.1, 0.15) is 5.82 Å². The zero-order valence-electron chi connectivity index (χ0n) is 9.40. The molecule has 5 heteroatoms. The number of benzene rings is 1. The van der Waals surface area contributed by atoms with Crippen molar-refractivity contribution in [1.82, 2.24) is 0 Å². The molecule has 0 saturated carbocycles. The largest absolute Gasteiger partial charge is 0.382 e. The Balaban J connectivity index is 2.58.